The highest BCUT2D eigenvalue weighted by Gasteiger charge is 2.30. The Morgan fingerprint density at radius 3 is 2.15 bits per heavy atom. The van der Waals surface area contributed by atoms with Crippen LogP contribution in [0.2, 0.25) is 5.02 Å². The quantitative estimate of drug-likeness (QED) is 0.448. The van der Waals surface area contributed by atoms with E-state index in [-0.39, 0.29) is 18.0 Å². The van der Waals surface area contributed by atoms with Crippen molar-refractivity contribution in [1.29, 1.82) is 0 Å². The van der Waals surface area contributed by atoms with E-state index in [0.717, 1.165) is 16.7 Å². The summed E-state index contributed by atoms with van der Waals surface area (Å²) in [6, 6.07) is 16.1. The molecule has 0 spiro atoms. The highest BCUT2D eigenvalue weighted by molar-refractivity contribution is 7.89. The smallest absolute Gasteiger partial charge is 0.244 e. The third-order valence-corrected chi connectivity index (χ3v) is 7.77. The van der Waals surface area contributed by atoms with Crippen molar-refractivity contribution in [3.05, 3.63) is 87.4 Å². The number of nitrogens with zero attached hydrogens (tertiary/aromatic N) is 1. The lowest BCUT2D eigenvalue weighted by Crippen LogP contribution is -2.38. The molecule has 3 aromatic rings. The minimum Gasteiger partial charge on any atom is -0.495 e. The van der Waals surface area contributed by atoms with Gasteiger partial charge in [-0.15, -0.1) is 0 Å². The molecule has 0 bridgehead atoms. The number of halogens is 1. The van der Waals surface area contributed by atoms with Gasteiger partial charge in [0.2, 0.25) is 15.9 Å². The SMILES string of the molecule is COc1ccc(Cl)cc1NC(=O)CN(Cc1ccc(C)cc1)S(=O)(=O)c1c(C)cc(C)cc1C. The summed E-state index contributed by atoms with van der Waals surface area (Å²) < 4.78 is 34.1. The van der Waals surface area contributed by atoms with Crippen LogP contribution in [0.25, 0.3) is 0 Å². The van der Waals surface area contributed by atoms with Gasteiger partial charge in [0.05, 0.1) is 24.2 Å². The standard InChI is InChI=1S/C26H29ClN2O4S/c1-17-6-8-21(9-7-17)15-29(34(31,32)26-19(3)12-18(2)13-20(26)4)16-25(30)28-23-14-22(27)10-11-24(23)33-5/h6-14H,15-16H2,1-5H3,(H,28,30). The number of carbonyl (C=O) groups is 1. The molecule has 0 radical (unpaired) electrons. The van der Waals surface area contributed by atoms with Crippen LogP contribution >= 0.6 is 11.6 Å². The van der Waals surface area contributed by atoms with Gasteiger partial charge in [0, 0.05) is 11.6 Å². The predicted octanol–water partition coefficient (Wildman–Crippen LogP) is 5.41. The summed E-state index contributed by atoms with van der Waals surface area (Å²) in [6.07, 6.45) is 0. The molecule has 0 aliphatic heterocycles. The van der Waals surface area contributed by atoms with Crippen LogP contribution < -0.4 is 10.1 Å². The molecule has 0 aromatic heterocycles. The molecule has 1 N–H and O–H groups in total. The van der Waals surface area contributed by atoms with E-state index >= 15 is 0 Å². The summed E-state index contributed by atoms with van der Waals surface area (Å²) in [5.74, 6) is -0.0745. The van der Waals surface area contributed by atoms with Crippen LogP contribution in [-0.4, -0.2) is 32.3 Å². The number of sulfonamides is 1. The Kier molecular flexibility index (Phi) is 8.02. The van der Waals surface area contributed by atoms with Gasteiger partial charge in [-0.05, 0) is 62.6 Å². The van der Waals surface area contributed by atoms with E-state index in [2.05, 4.69) is 5.32 Å². The first-order valence-corrected chi connectivity index (χ1v) is 12.6. The number of carbonyl (C=O) groups excluding carboxylic acids is 1. The van der Waals surface area contributed by atoms with Crippen molar-refractivity contribution >= 4 is 33.2 Å². The predicted molar refractivity (Wildman–Crippen MR) is 136 cm³/mol. The molecule has 3 rings (SSSR count). The Morgan fingerprint density at radius 1 is 0.941 bits per heavy atom. The van der Waals surface area contributed by atoms with E-state index in [4.69, 9.17) is 16.3 Å². The first-order chi connectivity index (χ1) is 16.0. The van der Waals surface area contributed by atoms with Crippen molar-refractivity contribution in [2.45, 2.75) is 39.1 Å². The maximum Gasteiger partial charge on any atom is 0.244 e. The summed E-state index contributed by atoms with van der Waals surface area (Å²) in [7, 11) is -2.50. The lowest BCUT2D eigenvalue weighted by Gasteiger charge is -2.24. The van der Waals surface area contributed by atoms with E-state index in [1.807, 2.05) is 50.2 Å². The molecule has 0 aliphatic rings. The first kappa shape index (κ1) is 25.7. The Balaban J connectivity index is 1.98. The number of amides is 1. The molecule has 1 amide bonds. The van der Waals surface area contributed by atoms with Gasteiger partial charge in [-0.3, -0.25) is 4.79 Å². The van der Waals surface area contributed by atoms with Gasteiger partial charge >= 0.3 is 0 Å². The van der Waals surface area contributed by atoms with E-state index in [1.165, 1.54) is 11.4 Å². The number of benzene rings is 3. The number of methoxy groups -OCH3 is 1. The minimum atomic E-state index is -3.98. The molecule has 180 valence electrons. The van der Waals surface area contributed by atoms with Crippen molar-refractivity contribution in [1.82, 2.24) is 4.31 Å². The summed E-state index contributed by atoms with van der Waals surface area (Å²) in [5, 5.41) is 3.16. The van der Waals surface area contributed by atoms with Gasteiger partial charge in [0.15, 0.2) is 0 Å². The Hall–Kier alpha value is -2.87. The third-order valence-electron chi connectivity index (χ3n) is 5.44. The summed E-state index contributed by atoms with van der Waals surface area (Å²) >= 11 is 6.07. The second-order valence-electron chi connectivity index (χ2n) is 8.38. The summed E-state index contributed by atoms with van der Waals surface area (Å²) in [5.41, 5.74) is 4.48. The topological polar surface area (TPSA) is 75.7 Å². The maximum absolute atomic E-state index is 13.8. The maximum atomic E-state index is 13.8. The molecule has 0 fully saturated rings. The van der Waals surface area contributed by atoms with E-state index < -0.39 is 15.9 Å². The van der Waals surface area contributed by atoms with Crippen LogP contribution in [0.3, 0.4) is 0 Å². The van der Waals surface area contributed by atoms with Gasteiger partial charge in [-0.25, -0.2) is 8.42 Å². The monoisotopic (exact) mass is 500 g/mol. The molecule has 8 heteroatoms. The number of hydrogen-bond donors (Lipinski definition) is 1. The molecule has 6 nitrogen and oxygen atoms in total. The zero-order valence-corrected chi connectivity index (χ0v) is 21.5. The van der Waals surface area contributed by atoms with Crippen LogP contribution in [0.1, 0.15) is 27.8 Å². The van der Waals surface area contributed by atoms with Gasteiger partial charge in [-0.2, -0.15) is 4.31 Å². The molecule has 34 heavy (non-hydrogen) atoms. The molecule has 0 aliphatic carbocycles. The first-order valence-electron chi connectivity index (χ1n) is 10.8. The molecule has 0 unspecified atom stereocenters. The molecule has 0 saturated carbocycles. The van der Waals surface area contributed by atoms with Gasteiger partial charge in [0.25, 0.3) is 0 Å². The fourth-order valence-corrected chi connectivity index (χ4v) is 5.92. The third kappa shape index (κ3) is 5.97. The van der Waals surface area contributed by atoms with Crippen molar-refractivity contribution in [2.75, 3.05) is 19.0 Å². The van der Waals surface area contributed by atoms with E-state index in [0.29, 0.717) is 27.6 Å². The van der Waals surface area contributed by atoms with Gasteiger partial charge in [0.1, 0.15) is 5.75 Å². The van der Waals surface area contributed by atoms with Crippen molar-refractivity contribution in [3.63, 3.8) is 0 Å². The molecule has 0 atom stereocenters. The lowest BCUT2D eigenvalue weighted by atomic mass is 10.1. The Bertz CT molecular complexity index is 1280. The second-order valence-corrected chi connectivity index (χ2v) is 10.7. The zero-order valence-electron chi connectivity index (χ0n) is 20.0. The fraction of sp³-hybridized carbons (Fsp3) is 0.269. The molecule has 0 saturated heterocycles. The lowest BCUT2D eigenvalue weighted by molar-refractivity contribution is -0.116. The summed E-state index contributed by atoms with van der Waals surface area (Å²) in [6.45, 7) is 7.10. The molecular weight excluding hydrogens is 472 g/mol. The number of anilines is 1. The largest absolute Gasteiger partial charge is 0.495 e. The Labute approximate surface area is 206 Å². The molecule has 3 aromatic carbocycles. The van der Waals surface area contributed by atoms with E-state index in [9.17, 15) is 13.2 Å². The summed E-state index contributed by atoms with van der Waals surface area (Å²) in [4.78, 5) is 13.3. The van der Waals surface area contributed by atoms with Crippen LogP contribution in [0.5, 0.6) is 5.75 Å². The zero-order chi connectivity index (χ0) is 25.0. The van der Waals surface area contributed by atoms with Crippen LogP contribution in [0.4, 0.5) is 5.69 Å². The Morgan fingerprint density at radius 2 is 1.56 bits per heavy atom. The van der Waals surface area contributed by atoms with Crippen LogP contribution in [0, 0.1) is 27.7 Å². The number of hydrogen-bond acceptors (Lipinski definition) is 4. The van der Waals surface area contributed by atoms with E-state index in [1.54, 1.807) is 32.0 Å². The number of aryl methyl sites for hydroxylation is 4. The fourth-order valence-electron chi connectivity index (χ4n) is 3.95. The molecular formula is C26H29ClN2O4S. The van der Waals surface area contributed by atoms with Crippen molar-refractivity contribution in [3.8, 4) is 5.75 Å². The van der Waals surface area contributed by atoms with Gasteiger partial charge in [-0.1, -0.05) is 59.1 Å². The average Bonchev–Trinajstić information content (AvgIpc) is 2.74. The number of rotatable bonds is 8. The van der Waals surface area contributed by atoms with Crippen LogP contribution in [0.15, 0.2) is 59.5 Å². The number of ether oxygens (including phenoxy) is 1. The average molecular weight is 501 g/mol. The second kappa shape index (κ2) is 10.6. The number of nitrogens with one attached hydrogen (secondary N) is 1. The highest BCUT2D eigenvalue weighted by Crippen LogP contribution is 2.29. The van der Waals surface area contributed by atoms with Crippen molar-refractivity contribution in [2.24, 2.45) is 0 Å². The minimum absolute atomic E-state index is 0.0511. The highest BCUT2D eigenvalue weighted by atomic mass is 35.5. The normalized spacial score (nSPS) is 11.5. The van der Waals surface area contributed by atoms with Crippen LogP contribution in [-0.2, 0) is 21.4 Å². The molecule has 0 heterocycles. The van der Waals surface area contributed by atoms with Gasteiger partial charge < -0.3 is 10.1 Å². The van der Waals surface area contributed by atoms with Crippen molar-refractivity contribution < 1.29 is 17.9 Å².